The van der Waals surface area contributed by atoms with Crippen LogP contribution in [-0.4, -0.2) is 65.6 Å². The van der Waals surface area contributed by atoms with Gasteiger partial charge in [0.15, 0.2) is 6.10 Å². The number of halogens is 2. The van der Waals surface area contributed by atoms with Gasteiger partial charge in [-0.15, -0.1) is 0 Å². The Labute approximate surface area is 139 Å². The van der Waals surface area contributed by atoms with Crippen molar-refractivity contribution in [3.8, 4) is 0 Å². The number of aromatic nitrogens is 2. The van der Waals surface area contributed by atoms with Crippen LogP contribution in [0.5, 0.6) is 0 Å². The number of amides is 1. The number of carbonyl (C=O) groups is 1. The van der Waals surface area contributed by atoms with Gasteiger partial charge in [-0.05, 0) is 12.0 Å². The number of aryl methyl sites for hydroxylation is 1. The number of carbonyl (C=O) groups excluding carboxylic acids is 1. The Morgan fingerprint density at radius 2 is 1.96 bits per heavy atom. The van der Waals surface area contributed by atoms with E-state index in [1.807, 2.05) is 11.8 Å². The molecule has 6 nitrogen and oxygen atoms in total. The van der Waals surface area contributed by atoms with Gasteiger partial charge < -0.3 is 14.5 Å². The van der Waals surface area contributed by atoms with E-state index in [4.69, 9.17) is 4.74 Å². The number of rotatable bonds is 3. The summed E-state index contributed by atoms with van der Waals surface area (Å²) < 4.78 is 32.0. The van der Waals surface area contributed by atoms with Crippen molar-refractivity contribution in [3.05, 3.63) is 18.0 Å². The fraction of sp³-hybridized carbons (Fsp3) is 0.688. The van der Waals surface area contributed by atoms with Gasteiger partial charge in [-0.1, -0.05) is 6.92 Å². The first-order chi connectivity index (χ1) is 11.5. The Hall–Kier alpha value is -1.83. The number of hydrogen-bond donors (Lipinski definition) is 0. The molecule has 0 spiro atoms. The van der Waals surface area contributed by atoms with E-state index >= 15 is 0 Å². The fourth-order valence-corrected chi connectivity index (χ4v) is 2.93. The smallest absolute Gasteiger partial charge is 0.253 e. The third-order valence-corrected chi connectivity index (χ3v) is 4.53. The van der Waals surface area contributed by atoms with Gasteiger partial charge in [0.25, 0.3) is 11.8 Å². The van der Waals surface area contributed by atoms with Gasteiger partial charge in [0.05, 0.1) is 13.2 Å². The molecule has 3 rings (SSSR count). The van der Waals surface area contributed by atoms with Crippen LogP contribution in [-0.2, 0) is 16.0 Å². The van der Waals surface area contributed by atoms with Crippen LogP contribution in [0.4, 0.5) is 14.7 Å². The van der Waals surface area contributed by atoms with Crippen LogP contribution < -0.4 is 4.90 Å². The van der Waals surface area contributed by atoms with E-state index in [0.717, 1.165) is 12.0 Å². The van der Waals surface area contributed by atoms with E-state index in [9.17, 15) is 13.6 Å². The molecule has 24 heavy (non-hydrogen) atoms. The second-order valence-corrected chi connectivity index (χ2v) is 6.23. The van der Waals surface area contributed by atoms with Crippen molar-refractivity contribution < 1.29 is 18.3 Å². The molecule has 0 saturated carbocycles. The van der Waals surface area contributed by atoms with Crippen LogP contribution in [0, 0.1) is 0 Å². The zero-order valence-corrected chi connectivity index (χ0v) is 13.8. The molecule has 0 aliphatic carbocycles. The zero-order valence-electron chi connectivity index (χ0n) is 13.8. The highest BCUT2D eigenvalue weighted by atomic mass is 19.3. The maximum Gasteiger partial charge on any atom is 0.253 e. The summed E-state index contributed by atoms with van der Waals surface area (Å²) in [4.78, 5) is 24.6. The summed E-state index contributed by atoms with van der Waals surface area (Å²) in [5.74, 6) is -2.32. The number of nitrogens with zero attached hydrogens (tertiary/aromatic N) is 4. The SMILES string of the molecule is CCc1cnc(N2CCOC(C(=O)N3CCC(F)(F)CC3)C2)nc1. The second-order valence-electron chi connectivity index (χ2n) is 6.23. The molecule has 1 aromatic rings. The van der Waals surface area contributed by atoms with Crippen molar-refractivity contribution in [1.82, 2.24) is 14.9 Å². The van der Waals surface area contributed by atoms with E-state index in [2.05, 4.69) is 9.97 Å². The van der Waals surface area contributed by atoms with E-state index in [1.54, 1.807) is 12.4 Å². The maximum atomic E-state index is 13.2. The molecule has 0 aromatic carbocycles. The normalized spacial score (nSPS) is 24.0. The minimum atomic E-state index is -2.66. The third kappa shape index (κ3) is 3.80. The summed E-state index contributed by atoms with van der Waals surface area (Å²) in [5.41, 5.74) is 1.05. The highest BCUT2D eigenvalue weighted by Crippen LogP contribution is 2.28. The van der Waals surface area contributed by atoms with E-state index in [0.29, 0.717) is 25.6 Å². The average molecular weight is 340 g/mol. The highest BCUT2D eigenvalue weighted by molar-refractivity contribution is 5.82. The molecule has 8 heteroatoms. The first-order valence-electron chi connectivity index (χ1n) is 8.32. The van der Waals surface area contributed by atoms with Crippen LogP contribution in [0.1, 0.15) is 25.3 Å². The van der Waals surface area contributed by atoms with Crippen LogP contribution in [0.3, 0.4) is 0 Å². The van der Waals surface area contributed by atoms with Crippen molar-refractivity contribution in [2.24, 2.45) is 0 Å². The summed E-state index contributed by atoms with van der Waals surface area (Å²) in [5, 5.41) is 0. The molecular weight excluding hydrogens is 318 g/mol. The van der Waals surface area contributed by atoms with Crippen LogP contribution >= 0.6 is 0 Å². The number of alkyl halides is 2. The molecule has 2 aliphatic rings. The summed E-state index contributed by atoms with van der Waals surface area (Å²) in [6.45, 7) is 3.52. The molecule has 1 atom stereocenters. The molecule has 132 valence electrons. The van der Waals surface area contributed by atoms with Gasteiger partial charge in [0, 0.05) is 44.9 Å². The van der Waals surface area contributed by atoms with Crippen molar-refractivity contribution >= 4 is 11.9 Å². The number of likely N-dealkylation sites (tertiary alicyclic amines) is 1. The van der Waals surface area contributed by atoms with Crippen LogP contribution in [0.2, 0.25) is 0 Å². The van der Waals surface area contributed by atoms with Crippen molar-refractivity contribution in [2.75, 3.05) is 37.7 Å². The largest absolute Gasteiger partial charge is 0.365 e. The highest BCUT2D eigenvalue weighted by Gasteiger charge is 2.38. The molecule has 0 bridgehead atoms. The lowest BCUT2D eigenvalue weighted by molar-refractivity contribution is -0.150. The molecule has 1 amide bonds. The molecule has 0 N–H and O–H groups in total. The molecule has 2 aliphatic heterocycles. The second kappa shape index (κ2) is 6.96. The number of morpholine rings is 1. The molecule has 3 heterocycles. The van der Waals surface area contributed by atoms with Crippen LogP contribution in [0.25, 0.3) is 0 Å². The topological polar surface area (TPSA) is 58.6 Å². The van der Waals surface area contributed by atoms with Gasteiger partial charge in [-0.2, -0.15) is 0 Å². The Kier molecular flexibility index (Phi) is 4.93. The monoisotopic (exact) mass is 340 g/mol. The number of piperidine rings is 1. The Morgan fingerprint density at radius 3 is 2.58 bits per heavy atom. The maximum absolute atomic E-state index is 13.2. The van der Waals surface area contributed by atoms with Crippen LogP contribution in [0.15, 0.2) is 12.4 Å². The van der Waals surface area contributed by atoms with E-state index in [-0.39, 0.29) is 31.8 Å². The fourth-order valence-electron chi connectivity index (χ4n) is 2.93. The first kappa shape index (κ1) is 17.0. The zero-order chi connectivity index (χ0) is 17.2. The minimum Gasteiger partial charge on any atom is -0.365 e. The molecule has 2 fully saturated rings. The van der Waals surface area contributed by atoms with Gasteiger partial charge >= 0.3 is 0 Å². The summed E-state index contributed by atoms with van der Waals surface area (Å²) in [7, 11) is 0. The molecule has 1 unspecified atom stereocenters. The summed E-state index contributed by atoms with van der Waals surface area (Å²) >= 11 is 0. The number of hydrogen-bond acceptors (Lipinski definition) is 5. The molecular formula is C16H22F2N4O2. The predicted molar refractivity (Wildman–Crippen MR) is 84.1 cm³/mol. The predicted octanol–water partition coefficient (Wildman–Crippen LogP) is 1.50. The van der Waals surface area contributed by atoms with Gasteiger partial charge in [0.2, 0.25) is 5.95 Å². The van der Waals surface area contributed by atoms with Crippen molar-refractivity contribution in [3.63, 3.8) is 0 Å². The molecule has 1 aromatic heterocycles. The quantitative estimate of drug-likeness (QED) is 0.835. The third-order valence-electron chi connectivity index (χ3n) is 4.53. The van der Waals surface area contributed by atoms with Crippen molar-refractivity contribution in [2.45, 2.75) is 38.2 Å². The molecule has 0 radical (unpaired) electrons. The van der Waals surface area contributed by atoms with E-state index < -0.39 is 12.0 Å². The van der Waals surface area contributed by atoms with Crippen molar-refractivity contribution in [1.29, 1.82) is 0 Å². The Balaban J connectivity index is 1.61. The Morgan fingerprint density at radius 1 is 1.29 bits per heavy atom. The summed E-state index contributed by atoms with van der Waals surface area (Å²) in [6, 6.07) is 0. The number of anilines is 1. The lowest BCUT2D eigenvalue weighted by atomic mass is 10.1. The van der Waals surface area contributed by atoms with Gasteiger partial charge in [-0.25, -0.2) is 18.7 Å². The lowest BCUT2D eigenvalue weighted by Crippen LogP contribution is -2.53. The number of ether oxygens (including phenoxy) is 1. The first-order valence-corrected chi connectivity index (χ1v) is 8.32. The molecule has 2 saturated heterocycles. The summed E-state index contributed by atoms with van der Waals surface area (Å²) in [6.07, 6.45) is 3.21. The standard InChI is InChI=1S/C16H22F2N4O2/c1-2-12-9-19-15(20-10-12)22-7-8-24-13(11-22)14(23)21-5-3-16(17,18)4-6-21/h9-10,13H,2-8,11H2,1H3. The minimum absolute atomic E-state index is 0.0768. The van der Waals surface area contributed by atoms with Gasteiger partial charge in [-0.3, -0.25) is 4.79 Å². The average Bonchev–Trinajstić information content (AvgIpc) is 2.61. The van der Waals surface area contributed by atoms with E-state index in [1.165, 1.54) is 4.90 Å². The lowest BCUT2D eigenvalue weighted by Gasteiger charge is -2.37. The Bertz CT molecular complexity index is 572. The van der Waals surface area contributed by atoms with Gasteiger partial charge in [0.1, 0.15) is 0 Å².